The summed E-state index contributed by atoms with van der Waals surface area (Å²) in [5.41, 5.74) is 6.66. The highest BCUT2D eigenvalue weighted by molar-refractivity contribution is 7.99. The van der Waals surface area contributed by atoms with Gasteiger partial charge in [0, 0.05) is 16.8 Å². The van der Waals surface area contributed by atoms with E-state index in [4.69, 9.17) is 28.9 Å². The van der Waals surface area contributed by atoms with E-state index < -0.39 is 0 Å². The maximum absolute atomic E-state index is 12.4. The Balaban J connectivity index is 2.07. The fraction of sp³-hybridized carbons (Fsp3) is 0.500. The van der Waals surface area contributed by atoms with Crippen molar-refractivity contribution >= 4 is 52.2 Å². The van der Waals surface area contributed by atoms with Crippen LogP contribution >= 0.6 is 35.0 Å². The number of benzene rings is 1. The highest BCUT2D eigenvalue weighted by Gasteiger charge is 2.28. The summed E-state index contributed by atoms with van der Waals surface area (Å²) in [5.74, 6) is 2.10. The Bertz CT molecular complexity index is 512. The Morgan fingerprint density at radius 3 is 2.81 bits per heavy atom. The summed E-state index contributed by atoms with van der Waals surface area (Å²) >= 11 is 13.9. The van der Waals surface area contributed by atoms with Crippen molar-refractivity contribution in [3.63, 3.8) is 0 Å². The van der Waals surface area contributed by atoms with E-state index in [1.54, 1.807) is 12.1 Å². The number of halogens is 2. The van der Waals surface area contributed by atoms with Gasteiger partial charge in [-0.2, -0.15) is 11.8 Å². The van der Waals surface area contributed by atoms with Crippen LogP contribution in [0.4, 0.5) is 11.4 Å². The van der Waals surface area contributed by atoms with Gasteiger partial charge in [-0.05, 0) is 38.3 Å². The van der Waals surface area contributed by atoms with Gasteiger partial charge < -0.3 is 11.1 Å². The standard InChI is InChI=1S/C14H19Cl2N3OS/c1-8(19(2)10-3-4-21-7-10)14(20)18-13-11(16)5-9(15)6-12(13)17/h5-6,8,10H,3-4,7,17H2,1-2H3,(H,18,20). The van der Waals surface area contributed by atoms with Gasteiger partial charge in [0.1, 0.15) is 0 Å². The number of carbonyl (C=O) groups excluding carboxylic acids is 1. The molecule has 2 rings (SSSR count). The third kappa shape index (κ3) is 3.97. The maximum atomic E-state index is 12.4. The first-order valence-electron chi connectivity index (χ1n) is 6.75. The number of rotatable bonds is 4. The quantitative estimate of drug-likeness (QED) is 0.820. The van der Waals surface area contributed by atoms with Gasteiger partial charge in [0.2, 0.25) is 5.91 Å². The molecule has 0 saturated carbocycles. The van der Waals surface area contributed by atoms with Crippen molar-refractivity contribution in [1.82, 2.24) is 4.90 Å². The Kier molecular flexibility index (Phi) is 5.66. The second-order valence-corrected chi connectivity index (χ2v) is 7.19. The zero-order valence-electron chi connectivity index (χ0n) is 12.0. The van der Waals surface area contributed by atoms with E-state index in [0.29, 0.717) is 27.5 Å². The maximum Gasteiger partial charge on any atom is 0.241 e. The summed E-state index contributed by atoms with van der Waals surface area (Å²) in [5, 5.41) is 3.60. The van der Waals surface area contributed by atoms with Crippen molar-refractivity contribution in [2.45, 2.75) is 25.4 Å². The number of nitrogen functional groups attached to an aromatic ring is 1. The van der Waals surface area contributed by atoms with Gasteiger partial charge in [-0.25, -0.2) is 0 Å². The molecule has 1 aliphatic rings. The van der Waals surface area contributed by atoms with E-state index in [1.165, 1.54) is 0 Å². The van der Waals surface area contributed by atoms with Crippen LogP contribution in [-0.4, -0.2) is 41.4 Å². The molecule has 0 bridgehead atoms. The summed E-state index contributed by atoms with van der Waals surface area (Å²) in [7, 11) is 1.98. The van der Waals surface area contributed by atoms with Crippen molar-refractivity contribution < 1.29 is 4.79 Å². The molecule has 4 nitrogen and oxygen atoms in total. The number of nitrogens with one attached hydrogen (secondary N) is 1. The fourth-order valence-corrected chi connectivity index (χ4v) is 4.13. The molecule has 0 aliphatic carbocycles. The molecule has 3 N–H and O–H groups in total. The van der Waals surface area contributed by atoms with E-state index in [0.717, 1.165) is 17.9 Å². The van der Waals surface area contributed by atoms with Gasteiger partial charge in [0.15, 0.2) is 0 Å². The molecule has 2 unspecified atom stereocenters. The molecule has 0 radical (unpaired) electrons. The van der Waals surface area contributed by atoms with E-state index in [-0.39, 0.29) is 11.9 Å². The second-order valence-electron chi connectivity index (χ2n) is 5.20. The molecule has 116 valence electrons. The molecule has 1 heterocycles. The molecule has 1 saturated heterocycles. The summed E-state index contributed by atoms with van der Waals surface area (Å²) in [4.78, 5) is 14.5. The number of thioether (sulfide) groups is 1. The van der Waals surface area contributed by atoms with Crippen molar-refractivity contribution in [3.8, 4) is 0 Å². The van der Waals surface area contributed by atoms with Crippen LogP contribution in [0.2, 0.25) is 10.0 Å². The lowest BCUT2D eigenvalue weighted by atomic mass is 10.1. The first kappa shape index (κ1) is 16.7. The molecule has 1 aliphatic heterocycles. The van der Waals surface area contributed by atoms with E-state index in [1.807, 2.05) is 25.7 Å². The predicted octanol–water partition coefficient (Wildman–Crippen LogP) is 3.34. The number of nitrogens with two attached hydrogens (primary N) is 1. The molecule has 0 aromatic heterocycles. The lowest BCUT2D eigenvalue weighted by Gasteiger charge is -2.29. The van der Waals surface area contributed by atoms with Crippen LogP contribution in [0.15, 0.2) is 12.1 Å². The number of amides is 1. The Labute approximate surface area is 139 Å². The Hall–Kier alpha value is -0.620. The van der Waals surface area contributed by atoms with Gasteiger partial charge in [0.25, 0.3) is 0 Å². The molecular weight excluding hydrogens is 329 g/mol. The fourth-order valence-electron chi connectivity index (χ4n) is 2.30. The van der Waals surface area contributed by atoms with Crippen LogP contribution in [0, 0.1) is 0 Å². The lowest BCUT2D eigenvalue weighted by Crippen LogP contribution is -2.45. The van der Waals surface area contributed by atoms with Crippen molar-refractivity contribution in [2.75, 3.05) is 29.6 Å². The van der Waals surface area contributed by atoms with Gasteiger partial charge in [-0.3, -0.25) is 9.69 Å². The Morgan fingerprint density at radius 1 is 1.52 bits per heavy atom. The molecule has 1 aromatic rings. The molecule has 2 atom stereocenters. The van der Waals surface area contributed by atoms with Gasteiger partial charge in [-0.15, -0.1) is 0 Å². The number of carbonyl (C=O) groups is 1. The highest BCUT2D eigenvalue weighted by Crippen LogP contribution is 2.32. The number of hydrogen-bond donors (Lipinski definition) is 2. The molecular formula is C14H19Cl2N3OS. The van der Waals surface area contributed by atoms with Crippen LogP contribution < -0.4 is 11.1 Å². The van der Waals surface area contributed by atoms with Crippen LogP contribution in [0.1, 0.15) is 13.3 Å². The largest absolute Gasteiger partial charge is 0.397 e. The third-order valence-electron chi connectivity index (χ3n) is 3.81. The predicted molar refractivity (Wildman–Crippen MR) is 92.5 cm³/mol. The zero-order valence-corrected chi connectivity index (χ0v) is 14.4. The number of likely N-dealkylation sites (N-methyl/N-ethyl adjacent to an activating group) is 1. The first-order chi connectivity index (χ1) is 9.90. The van der Waals surface area contributed by atoms with Crippen LogP contribution in [0.3, 0.4) is 0 Å². The average molecular weight is 348 g/mol. The minimum Gasteiger partial charge on any atom is -0.397 e. The first-order valence-corrected chi connectivity index (χ1v) is 8.66. The highest BCUT2D eigenvalue weighted by atomic mass is 35.5. The minimum absolute atomic E-state index is 0.120. The lowest BCUT2D eigenvalue weighted by molar-refractivity contribution is -0.120. The molecule has 21 heavy (non-hydrogen) atoms. The summed E-state index contributed by atoms with van der Waals surface area (Å²) in [6, 6.07) is 3.33. The average Bonchev–Trinajstić information content (AvgIpc) is 2.94. The van der Waals surface area contributed by atoms with E-state index in [2.05, 4.69) is 10.2 Å². The van der Waals surface area contributed by atoms with Crippen molar-refractivity contribution in [2.24, 2.45) is 0 Å². The van der Waals surface area contributed by atoms with Crippen LogP contribution in [0.25, 0.3) is 0 Å². The van der Waals surface area contributed by atoms with E-state index in [9.17, 15) is 4.79 Å². The van der Waals surface area contributed by atoms with Gasteiger partial charge >= 0.3 is 0 Å². The summed E-state index contributed by atoms with van der Waals surface area (Å²) in [6.07, 6.45) is 1.11. The zero-order chi connectivity index (χ0) is 15.6. The van der Waals surface area contributed by atoms with Crippen LogP contribution in [0.5, 0.6) is 0 Å². The molecule has 1 fully saturated rings. The van der Waals surface area contributed by atoms with Crippen molar-refractivity contribution in [1.29, 1.82) is 0 Å². The monoisotopic (exact) mass is 347 g/mol. The van der Waals surface area contributed by atoms with Crippen molar-refractivity contribution in [3.05, 3.63) is 22.2 Å². The molecule has 0 spiro atoms. The summed E-state index contributed by atoms with van der Waals surface area (Å²) < 4.78 is 0. The third-order valence-corrected chi connectivity index (χ3v) is 5.47. The van der Waals surface area contributed by atoms with Gasteiger partial charge in [-0.1, -0.05) is 23.2 Å². The van der Waals surface area contributed by atoms with Gasteiger partial charge in [0.05, 0.1) is 22.4 Å². The summed E-state index contributed by atoms with van der Waals surface area (Å²) in [6.45, 7) is 1.89. The second kappa shape index (κ2) is 7.09. The normalized spacial score (nSPS) is 19.8. The Morgan fingerprint density at radius 2 is 2.24 bits per heavy atom. The molecule has 1 aromatic carbocycles. The van der Waals surface area contributed by atoms with Crippen LogP contribution in [-0.2, 0) is 4.79 Å². The number of nitrogens with zero attached hydrogens (tertiary/aromatic N) is 1. The molecule has 1 amide bonds. The minimum atomic E-state index is -0.250. The SMILES string of the molecule is CC(C(=O)Nc1c(N)cc(Cl)cc1Cl)N(C)C1CCSC1. The smallest absolute Gasteiger partial charge is 0.241 e. The topological polar surface area (TPSA) is 58.4 Å². The molecule has 7 heteroatoms. The van der Waals surface area contributed by atoms with E-state index >= 15 is 0 Å². The number of anilines is 2. The number of hydrogen-bond acceptors (Lipinski definition) is 4.